The summed E-state index contributed by atoms with van der Waals surface area (Å²) in [6.45, 7) is 11.4. The summed E-state index contributed by atoms with van der Waals surface area (Å²) in [6, 6.07) is 9.26. The fraction of sp³-hybridized carbons (Fsp3) is 0.500. The number of sulfonamides is 1. The largest absolute Gasteiger partial charge is 0.498 e. The van der Waals surface area contributed by atoms with Crippen LogP contribution in [0, 0.1) is 0 Å². The molecule has 1 unspecified atom stereocenters. The zero-order valence-electron chi connectivity index (χ0n) is 19.1. The number of nitrogens with zero attached hydrogens (tertiary/aromatic N) is 2. The molecular formula is C24H35FN2O3S. The number of allylic oxidation sites excluding steroid dienone is 3. The van der Waals surface area contributed by atoms with Crippen LogP contribution in [-0.2, 0) is 14.8 Å². The second-order valence-electron chi connectivity index (χ2n) is 7.76. The van der Waals surface area contributed by atoms with Gasteiger partial charge in [0.05, 0.1) is 18.0 Å². The number of likely N-dealkylation sites (N-methyl/N-ethyl adjacent to an activating group) is 1. The van der Waals surface area contributed by atoms with Crippen LogP contribution in [0.1, 0.15) is 40.0 Å². The van der Waals surface area contributed by atoms with Crippen molar-refractivity contribution in [3.8, 4) is 0 Å². The summed E-state index contributed by atoms with van der Waals surface area (Å²) in [4.78, 5) is 2.15. The maximum absolute atomic E-state index is 14.4. The van der Waals surface area contributed by atoms with Crippen molar-refractivity contribution in [1.82, 2.24) is 4.90 Å². The lowest BCUT2D eigenvalue weighted by atomic mass is 10.1. The predicted octanol–water partition coefficient (Wildman–Crippen LogP) is 5.05. The molecule has 0 aliphatic carbocycles. The molecular weight excluding hydrogens is 415 g/mol. The Kier molecular flexibility index (Phi) is 9.32. The first-order valence-corrected chi connectivity index (χ1v) is 12.3. The highest BCUT2D eigenvalue weighted by Gasteiger charge is 2.40. The van der Waals surface area contributed by atoms with Gasteiger partial charge in [-0.15, -0.1) is 0 Å². The van der Waals surface area contributed by atoms with Crippen molar-refractivity contribution in [3.05, 3.63) is 66.2 Å². The molecule has 1 aromatic carbocycles. The Hall–Kier alpha value is -2.12. The topological polar surface area (TPSA) is 49.9 Å². The van der Waals surface area contributed by atoms with Gasteiger partial charge in [0.15, 0.2) is 5.83 Å². The van der Waals surface area contributed by atoms with Crippen LogP contribution in [0.5, 0.6) is 0 Å². The molecule has 2 rings (SSSR count). The standard InChI is InChI=1S/C24H35FN2O3S/c1-6-20(17-23(25)24(7-2)30-5)18-26(8-3)19(4)16-22-14-15-27(31(22,28)29)21-12-10-9-11-13-21/h6,9-13,17,19,22H,1,7-8,14-16,18H2,2-5H3/b20-17+,24-23-/t19?,22-/m0/s1. The Bertz CT molecular complexity index is 891. The van der Waals surface area contributed by atoms with Crippen molar-refractivity contribution in [2.45, 2.75) is 51.3 Å². The fourth-order valence-electron chi connectivity index (χ4n) is 3.99. The predicted molar refractivity (Wildman–Crippen MR) is 126 cm³/mol. The number of benzene rings is 1. The van der Waals surface area contributed by atoms with E-state index in [1.54, 1.807) is 6.08 Å². The lowest BCUT2D eigenvalue weighted by Crippen LogP contribution is -2.39. The zero-order valence-corrected chi connectivity index (χ0v) is 19.9. The van der Waals surface area contributed by atoms with Crippen molar-refractivity contribution >= 4 is 15.7 Å². The molecule has 0 aromatic heterocycles. The van der Waals surface area contributed by atoms with Gasteiger partial charge in [-0.3, -0.25) is 9.21 Å². The summed E-state index contributed by atoms with van der Waals surface area (Å²) < 4.78 is 47.3. The number of anilines is 1. The van der Waals surface area contributed by atoms with Gasteiger partial charge in [-0.1, -0.05) is 44.7 Å². The molecule has 0 amide bonds. The van der Waals surface area contributed by atoms with Crippen LogP contribution >= 0.6 is 0 Å². The van der Waals surface area contributed by atoms with E-state index < -0.39 is 21.1 Å². The van der Waals surface area contributed by atoms with Crippen LogP contribution in [0.15, 0.2) is 66.2 Å². The monoisotopic (exact) mass is 450 g/mol. The van der Waals surface area contributed by atoms with Gasteiger partial charge in [-0.25, -0.2) is 12.8 Å². The molecule has 1 aliphatic heterocycles. The molecule has 0 spiro atoms. The summed E-state index contributed by atoms with van der Waals surface area (Å²) >= 11 is 0. The van der Waals surface area contributed by atoms with E-state index in [2.05, 4.69) is 11.5 Å². The summed E-state index contributed by atoms with van der Waals surface area (Å²) in [5.41, 5.74) is 1.45. The van der Waals surface area contributed by atoms with E-state index in [1.807, 2.05) is 51.1 Å². The van der Waals surface area contributed by atoms with Gasteiger partial charge in [-0.2, -0.15) is 0 Å². The SMILES string of the molecule is C=C/C(=C\C(F)=C(/CC)OC)CN(CC)C(C)C[C@@H]1CCN(c2ccccc2)S1(=O)=O. The smallest absolute Gasteiger partial charge is 0.238 e. The average molecular weight is 451 g/mol. The molecule has 0 radical (unpaired) electrons. The highest BCUT2D eigenvalue weighted by atomic mass is 32.2. The van der Waals surface area contributed by atoms with E-state index in [0.717, 1.165) is 12.1 Å². The van der Waals surface area contributed by atoms with Gasteiger partial charge in [0, 0.05) is 25.6 Å². The van der Waals surface area contributed by atoms with Gasteiger partial charge in [0.1, 0.15) is 5.76 Å². The van der Waals surface area contributed by atoms with Gasteiger partial charge < -0.3 is 4.74 Å². The maximum Gasteiger partial charge on any atom is 0.238 e. The van der Waals surface area contributed by atoms with E-state index in [-0.39, 0.29) is 6.04 Å². The first kappa shape index (κ1) is 25.1. The third-order valence-electron chi connectivity index (χ3n) is 5.85. The minimum absolute atomic E-state index is 0.0176. The molecule has 2 atom stereocenters. The Balaban J connectivity index is 2.11. The molecule has 0 saturated carbocycles. The Morgan fingerprint density at radius 1 is 1.35 bits per heavy atom. The van der Waals surface area contributed by atoms with E-state index >= 15 is 0 Å². The zero-order chi connectivity index (χ0) is 23.0. The summed E-state index contributed by atoms with van der Waals surface area (Å²) in [6.07, 6.45) is 4.69. The second kappa shape index (κ2) is 11.5. The van der Waals surface area contributed by atoms with Crippen molar-refractivity contribution in [2.75, 3.05) is 31.0 Å². The van der Waals surface area contributed by atoms with Gasteiger partial charge in [0.25, 0.3) is 0 Å². The van der Waals surface area contributed by atoms with Crippen molar-refractivity contribution < 1.29 is 17.5 Å². The van der Waals surface area contributed by atoms with Crippen molar-refractivity contribution in [2.24, 2.45) is 0 Å². The molecule has 31 heavy (non-hydrogen) atoms. The lowest BCUT2D eigenvalue weighted by Gasteiger charge is -2.30. The molecule has 1 heterocycles. The first-order chi connectivity index (χ1) is 14.8. The van der Waals surface area contributed by atoms with E-state index in [4.69, 9.17) is 4.74 Å². The number of methoxy groups -OCH3 is 1. The van der Waals surface area contributed by atoms with Crippen LogP contribution in [-0.4, -0.2) is 51.4 Å². The van der Waals surface area contributed by atoms with E-state index in [0.29, 0.717) is 43.8 Å². The third-order valence-corrected chi connectivity index (χ3v) is 8.13. The summed E-state index contributed by atoms with van der Waals surface area (Å²) in [5.74, 6) is -0.103. The Morgan fingerprint density at radius 2 is 2.03 bits per heavy atom. The highest BCUT2D eigenvalue weighted by Crippen LogP contribution is 2.31. The van der Waals surface area contributed by atoms with Crippen LogP contribution < -0.4 is 4.31 Å². The van der Waals surface area contributed by atoms with Gasteiger partial charge in [0.2, 0.25) is 10.0 Å². The molecule has 7 heteroatoms. The normalized spacial score (nSPS) is 20.5. The fourth-order valence-corrected chi connectivity index (χ4v) is 6.05. The van der Waals surface area contributed by atoms with Crippen LogP contribution in [0.2, 0.25) is 0 Å². The van der Waals surface area contributed by atoms with Gasteiger partial charge >= 0.3 is 0 Å². The van der Waals surface area contributed by atoms with Gasteiger partial charge in [-0.05, 0) is 50.1 Å². The Morgan fingerprint density at radius 3 is 2.58 bits per heavy atom. The number of ether oxygens (including phenoxy) is 1. The quantitative estimate of drug-likeness (QED) is 0.350. The molecule has 1 fully saturated rings. The molecule has 5 nitrogen and oxygen atoms in total. The number of hydrogen-bond acceptors (Lipinski definition) is 4. The maximum atomic E-state index is 14.4. The number of hydrogen-bond donors (Lipinski definition) is 0. The minimum atomic E-state index is -3.40. The van der Waals surface area contributed by atoms with E-state index in [1.165, 1.54) is 17.5 Å². The van der Waals surface area contributed by atoms with Crippen LogP contribution in [0.3, 0.4) is 0 Å². The van der Waals surface area contributed by atoms with Crippen molar-refractivity contribution in [1.29, 1.82) is 0 Å². The Labute approximate surface area is 186 Å². The summed E-state index contributed by atoms with van der Waals surface area (Å²) in [5, 5.41) is -0.426. The highest BCUT2D eigenvalue weighted by molar-refractivity contribution is 7.93. The van der Waals surface area contributed by atoms with Crippen LogP contribution in [0.25, 0.3) is 0 Å². The van der Waals surface area contributed by atoms with Crippen LogP contribution in [0.4, 0.5) is 10.1 Å². The number of halogens is 1. The molecule has 1 aromatic rings. The molecule has 1 aliphatic rings. The summed E-state index contributed by atoms with van der Waals surface area (Å²) in [7, 11) is -1.94. The second-order valence-corrected chi connectivity index (χ2v) is 9.90. The third kappa shape index (κ3) is 6.20. The van der Waals surface area contributed by atoms with E-state index in [9.17, 15) is 12.8 Å². The number of rotatable bonds is 11. The molecule has 0 bridgehead atoms. The average Bonchev–Trinajstić information content (AvgIpc) is 3.06. The molecule has 0 N–H and O–H groups in total. The number of para-hydroxylation sites is 1. The minimum Gasteiger partial charge on any atom is -0.498 e. The lowest BCUT2D eigenvalue weighted by molar-refractivity contribution is 0.226. The first-order valence-electron chi connectivity index (χ1n) is 10.8. The molecule has 1 saturated heterocycles. The molecule has 172 valence electrons. The van der Waals surface area contributed by atoms with Crippen molar-refractivity contribution in [3.63, 3.8) is 0 Å².